The third-order valence-corrected chi connectivity index (χ3v) is 4.47. The minimum Gasteiger partial charge on any atom is -0.317 e. The molecule has 1 aromatic carbocycles. The van der Waals surface area contributed by atoms with Crippen molar-refractivity contribution in [3.63, 3.8) is 0 Å². The van der Waals surface area contributed by atoms with E-state index in [1.54, 1.807) is 0 Å². The van der Waals surface area contributed by atoms with Crippen LogP contribution in [0.5, 0.6) is 0 Å². The molecule has 2 unspecified atom stereocenters. The summed E-state index contributed by atoms with van der Waals surface area (Å²) in [7, 11) is 2.12. The molecule has 0 heterocycles. The zero-order valence-corrected chi connectivity index (χ0v) is 13.9. The maximum absolute atomic E-state index is 3.52. The van der Waals surface area contributed by atoms with Crippen molar-refractivity contribution in [1.82, 2.24) is 5.32 Å². The Hall–Kier alpha value is -0.820. The summed E-state index contributed by atoms with van der Waals surface area (Å²) in [4.78, 5) is 0. The molecule has 0 spiro atoms. The minimum atomic E-state index is 0.665. The zero-order chi connectivity index (χ0) is 14.8. The Balaban J connectivity index is 2.39. The fourth-order valence-corrected chi connectivity index (χ4v) is 2.86. The Morgan fingerprint density at radius 3 is 2.30 bits per heavy atom. The van der Waals surface area contributed by atoms with Crippen molar-refractivity contribution < 1.29 is 0 Å². The molecule has 114 valence electrons. The molecule has 0 amide bonds. The van der Waals surface area contributed by atoms with Gasteiger partial charge in [-0.25, -0.2) is 0 Å². The maximum Gasteiger partial charge on any atom is 0.00698 e. The highest BCUT2D eigenvalue weighted by molar-refractivity contribution is 5.21. The summed E-state index contributed by atoms with van der Waals surface area (Å²) < 4.78 is 0. The van der Waals surface area contributed by atoms with Crippen LogP contribution in [0, 0.1) is 12.8 Å². The van der Waals surface area contributed by atoms with Gasteiger partial charge in [0.2, 0.25) is 0 Å². The average molecular weight is 275 g/mol. The molecule has 0 aliphatic heterocycles. The summed E-state index contributed by atoms with van der Waals surface area (Å²) in [6.07, 6.45) is 9.20. The van der Waals surface area contributed by atoms with Gasteiger partial charge in [-0.3, -0.25) is 0 Å². The highest BCUT2D eigenvalue weighted by Gasteiger charge is 2.13. The van der Waals surface area contributed by atoms with Crippen molar-refractivity contribution in [2.24, 2.45) is 5.92 Å². The van der Waals surface area contributed by atoms with Crippen LogP contribution in [0.25, 0.3) is 0 Å². The normalized spacial score (nSPS) is 14.2. The van der Waals surface area contributed by atoms with E-state index in [-0.39, 0.29) is 0 Å². The van der Waals surface area contributed by atoms with Gasteiger partial charge in [-0.1, -0.05) is 69.4 Å². The number of hydrogen-bond donors (Lipinski definition) is 1. The fraction of sp³-hybridized carbons (Fsp3) is 0.684. The third kappa shape index (κ3) is 6.56. The van der Waals surface area contributed by atoms with Crippen LogP contribution in [0.1, 0.15) is 63.5 Å². The lowest BCUT2D eigenvalue weighted by Gasteiger charge is -2.22. The Labute approximate surface area is 126 Å². The molecule has 0 saturated carbocycles. The van der Waals surface area contributed by atoms with E-state index in [1.165, 1.54) is 56.1 Å². The van der Waals surface area contributed by atoms with Crippen LogP contribution in [0.4, 0.5) is 0 Å². The number of benzene rings is 1. The fourth-order valence-electron chi connectivity index (χ4n) is 2.86. The second kappa shape index (κ2) is 9.99. The first-order valence-corrected chi connectivity index (χ1v) is 8.42. The zero-order valence-electron chi connectivity index (χ0n) is 13.9. The summed E-state index contributed by atoms with van der Waals surface area (Å²) in [6.45, 7) is 6.78. The van der Waals surface area contributed by atoms with Crippen LogP contribution in [0.2, 0.25) is 0 Å². The van der Waals surface area contributed by atoms with Crippen LogP contribution in [-0.4, -0.2) is 13.1 Å². The summed E-state index contributed by atoms with van der Waals surface area (Å²) in [5.41, 5.74) is 2.82. The molecule has 1 aromatic rings. The van der Waals surface area contributed by atoms with Crippen LogP contribution in [-0.2, 0) is 6.42 Å². The van der Waals surface area contributed by atoms with Gasteiger partial charge in [0.05, 0.1) is 0 Å². The van der Waals surface area contributed by atoms with Crippen molar-refractivity contribution in [2.45, 2.75) is 71.8 Å². The second-order valence-corrected chi connectivity index (χ2v) is 6.16. The lowest BCUT2D eigenvalue weighted by molar-refractivity contribution is 0.349. The van der Waals surface area contributed by atoms with Gasteiger partial charge in [-0.05, 0) is 44.7 Å². The number of unbranched alkanes of at least 4 members (excludes halogenated alkanes) is 1. The number of aryl methyl sites for hydroxylation is 2. The van der Waals surface area contributed by atoms with Crippen molar-refractivity contribution in [2.75, 3.05) is 7.05 Å². The van der Waals surface area contributed by atoms with Gasteiger partial charge in [0.15, 0.2) is 0 Å². The van der Waals surface area contributed by atoms with Crippen molar-refractivity contribution >= 4 is 0 Å². The highest BCUT2D eigenvalue weighted by atomic mass is 14.9. The van der Waals surface area contributed by atoms with E-state index >= 15 is 0 Å². The predicted octanol–water partition coefficient (Wildman–Crippen LogP) is 5.12. The molecule has 20 heavy (non-hydrogen) atoms. The molecule has 0 fully saturated rings. The minimum absolute atomic E-state index is 0.665. The van der Waals surface area contributed by atoms with Crippen molar-refractivity contribution in [3.05, 3.63) is 35.4 Å². The first kappa shape index (κ1) is 17.2. The van der Waals surface area contributed by atoms with Crippen molar-refractivity contribution in [1.29, 1.82) is 0 Å². The van der Waals surface area contributed by atoms with Crippen molar-refractivity contribution in [3.8, 4) is 0 Å². The monoisotopic (exact) mass is 275 g/mol. The molecule has 1 nitrogen and oxygen atoms in total. The Bertz CT molecular complexity index is 341. The molecule has 0 aliphatic carbocycles. The van der Waals surface area contributed by atoms with Gasteiger partial charge in [0.1, 0.15) is 0 Å². The van der Waals surface area contributed by atoms with E-state index in [4.69, 9.17) is 0 Å². The Morgan fingerprint density at radius 1 is 1.05 bits per heavy atom. The summed E-state index contributed by atoms with van der Waals surface area (Å²) in [5, 5.41) is 3.52. The van der Waals surface area contributed by atoms with E-state index in [2.05, 4.69) is 57.4 Å². The van der Waals surface area contributed by atoms with Crippen LogP contribution < -0.4 is 5.32 Å². The Kier molecular flexibility index (Phi) is 8.60. The molecular formula is C19H33N. The number of nitrogens with one attached hydrogen (secondary N) is 1. The van der Waals surface area contributed by atoms with Gasteiger partial charge in [0, 0.05) is 6.04 Å². The van der Waals surface area contributed by atoms with Crippen LogP contribution >= 0.6 is 0 Å². The molecule has 0 aliphatic rings. The second-order valence-electron chi connectivity index (χ2n) is 6.16. The van der Waals surface area contributed by atoms with Gasteiger partial charge in [-0.2, -0.15) is 0 Å². The molecule has 0 bridgehead atoms. The maximum atomic E-state index is 3.52. The first-order valence-electron chi connectivity index (χ1n) is 8.42. The number of hydrogen-bond acceptors (Lipinski definition) is 1. The van der Waals surface area contributed by atoms with Crippen LogP contribution in [0.3, 0.4) is 0 Å². The molecule has 1 rings (SSSR count). The SMILES string of the molecule is CCCCC(CC)CC(CCc1ccc(C)cc1)NC. The highest BCUT2D eigenvalue weighted by Crippen LogP contribution is 2.20. The largest absolute Gasteiger partial charge is 0.317 e. The van der Waals surface area contributed by atoms with Crippen LogP contribution in [0.15, 0.2) is 24.3 Å². The smallest absolute Gasteiger partial charge is 0.00698 e. The topological polar surface area (TPSA) is 12.0 Å². The Morgan fingerprint density at radius 2 is 1.75 bits per heavy atom. The number of rotatable bonds is 10. The molecule has 0 aromatic heterocycles. The summed E-state index contributed by atoms with van der Waals surface area (Å²) in [5.74, 6) is 0.894. The average Bonchev–Trinajstić information content (AvgIpc) is 2.48. The molecule has 0 saturated heterocycles. The molecule has 1 heteroatoms. The predicted molar refractivity (Wildman–Crippen MR) is 90.3 cm³/mol. The summed E-state index contributed by atoms with van der Waals surface area (Å²) in [6, 6.07) is 9.66. The van der Waals surface area contributed by atoms with E-state index in [1.807, 2.05) is 0 Å². The third-order valence-electron chi connectivity index (χ3n) is 4.47. The molecular weight excluding hydrogens is 242 g/mol. The first-order chi connectivity index (χ1) is 9.69. The lowest BCUT2D eigenvalue weighted by Crippen LogP contribution is -2.28. The van der Waals surface area contributed by atoms with E-state index in [0.29, 0.717) is 6.04 Å². The lowest BCUT2D eigenvalue weighted by atomic mass is 9.90. The molecule has 2 atom stereocenters. The molecule has 1 N–H and O–H groups in total. The van der Waals surface area contributed by atoms with Gasteiger partial charge >= 0.3 is 0 Å². The van der Waals surface area contributed by atoms with E-state index < -0.39 is 0 Å². The van der Waals surface area contributed by atoms with E-state index in [9.17, 15) is 0 Å². The quantitative estimate of drug-likeness (QED) is 0.625. The molecule has 0 radical (unpaired) electrons. The summed E-state index contributed by atoms with van der Waals surface area (Å²) >= 11 is 0. The van der Waals surface area contributed by atoms with Gasteiger partial charge in [-0.15, -0.1) is 0 Å². The van der Waals surface area contributed by atoms with Gasteiger partial charge < -0.3 is 5.32 Å². The van der Waals surface area contributed by atoms with Gasteiger partial charge in [0.25, 0.3) is 0 Å². The standard InChI is InChI=1S/C19H33N/c1-5-7-8-17(6-2)15-19(20-4)14-13-18-11-9-16(3)10-12-18/h9-12,17,19-20H,5-8,13-15H2,1-4H3. The van der Waals surface area contributed by atoms with E-state index in [0.717, 1.165) is 5.92 Å².